The molecule has 1 aliphatic heterocycles. The van der Waals surface area contributed by atoms with Crippen molar-refractivity contribution in [3.05, 3.63) is 87.4 Å². The predicted octanol–water partition coefficient (Wildman–Crippen LogP) is 3.62. The summed E-state index contributed by atoms with van der Waals surface area (Å²) in [6, 6.07) is 13.4. The highest BCUT2D eigenvalue weighted by Crippen LogP contribution is 2.28. The molecule has 0 spiro atoms. The van der Waals surface area contributed by atoms with Crippen molar-refractivity contribution < 1.29 is 38.2 Å². The number of Topliss-reactive ketones (excluding diaryl/α,β-unsaturated/α-hetero) is 1. The largest absolute Gasteiger partial charge is 0.493 e. The highest BCUT2D eigenvalue weighted by molar-refractivity contribution is 6.36. The molecule has 2 N–H and O–H groups in total. The van der Waals surface area contributed by atoms with Gasteiger partial charge in [-0.05, 0) is 60.7 Å². The fourth-order valence-electron chi connectivity index (χ4n) is 3.97. The highest BCUT2D eigenvalue weighted by Gasteiger charge is 2.39. The Morgan fingerprint density at radius 3 is 2.24 bits per heavy atom. The third-order valence-corrected chi connectivity index (χ3v) is 6.63. The zero-order valence-electron chi connectivity index (χ0n) is 21.7. The van der Waals surface area contributed by atoms with Gasteiger partial charge in [0.05, 0.1) is 36.9 Å². The van der Waals surface area contributed by atoms with Gasteiger partial charge in [-0.25, -0.2) is 15.1 Å². The van der Waals surface area contributed by atoms with Crippen LogP contribution in [0.2, 0.25) is 10.0 Å². The third-order valence-electron chi connectivity index (χ3n) is 6.08. The molecule has 11 nitrogen and oxygen atoms in total. The molecular formula is C28H23Cl2N3O8. The number of methoxy groups -OCH3 is 2. The molecule has 4 rings (SSSR count). The summed E-state index contributed by atoms with van der Waals surface area (Å²) in [4.78, 5) is 63.8. The summed E-state index contributed by atoms with van der Waals surface area (Å²) in [5.74, 6) is -2.15. The van der Waals surface area contributed by atoms with Crippen molar-refractivity contribution in [3.8, 4) is 11.5 Å². The van der Waals surface area contributed by atoms with Crippen LogP contribution in [0.25, 0.3) is 0 Å². The maximum Gasteiger partial charge on any atom is 0.338 e. The lowest BCUT2D eigenvalue weighted by molar-refractivity contribution is -0.121. The number of anilines is 1. The van der Waals surface area contributed by atoms with Gasteiger partial charge in [0.15, 0.2) is 18.1 Å². The van der Waals surface area contributed by atoms with Crippen LogP contribution in [0.3, 0.4) is 0 Å². The number of ketones is 1. The van der Waals surface area contributed by atoms with Crippen LogP contribution in [0.5, 0.6) is 11.5 Å². The topological polar surface area (TPSA) is 140 Å². The smallest absolute Gasteiger partial charge is 0.338 e. The molecule has 3 aromatic carbocycles. The van der Waals surface area contributed by atoms with E-state index in [4.69, 9.17) is 37.4 Å². The van der Waals surface area contributed by atoms with Gasteiger partial charge in [0.2, 0.25) is 11.7 Å². The van der Waals surface area contributed by atoms with Gasteiger partial charge in [0.25, 0.3) is 11.8 Å². The Bertz CT molecular complexity index is 1530. The number of imide groups is 1. The van der Waals surface area contributed by atoms with Crippen LogP contribution >= 0.6 is 23.2 Å². The second-order valence-electron chi connectivity index (χ2n) is 8.66. The van der Waals surface area contributed by atoms with Crippen LogP contribution in [-0.2, 0) is 14.3 Å². The van der Waals surface area contributed by atoms with Crippen molar-refractivity contribution >= 4 is 58.4 Å². The SMILES string of the molecule is COc1ccc(C(=O)NNC2CC(=O)N(c3ccc(C(=O)OCC(=O)c4ccc(Cl)cc4Cl)cc3)C2=O)cc1OC. The maximum atomic E-state index is 12.9. The number of hydrogen-bond donors (Lipinski definition) is 2. The van der Waals surface area contributed by atoms with Gasteiger partial charge < -0.3 is 14.2 Å². The summed E-state index contributed by atoms with van der Waals surface area (Å²) < 4.78 is 15.4. The monoisotopic (exact) mass is 599 g/mol. The minimum atomic E-state index is -1.01. The van der Waals surface area contributed by atoms with Crippen LogP contribution in [0.15, 0.2) is 60.7 Å². The number of hydrogen-bond acceptors (Lipinski definition) is 9. The number of esters is 1. The van der Waals surface area contributed by atoms with Crippen molar-refractivity contribution in [2.24, 2.45) is 0 Å². The molecule has 0 radical (unpaired) electrons. The summed E-state index contributed by atoms with van der Waals surface area (Å²) >= 11 is 11.8. The number of hydrazine groups is 1. The number of halogens is 2. The normalized spacial score (nSPS) is 14.5. The van der Waals surface area contributed by atoms with E-state index in [1.165, 1.54) is 68.8 Å². The van der Waals surface area contributed by atoms with E-state index in [0.717, 1.165) is 4.90 Å². The van der Waals surface area contributed by atoms with Gasteiger partial charge in [-0.3, -0.25) is 24.6 Å². The third kappa shape index (κ3) is 6.65. The molecule has 1 atom stereocenters. The quantitative estimate of drug-likeness (QED) is 0.155. The molecule has 3 amide bonds. The molecule has 1 heterocycles. The van der Waals surface area contributed by atoms with E-state index in [1.54, 1.807) is 6.07 Å². The molecule has 0 aliphatic carbocycles. The van der Waals surface area contributed by atoms with Gasteiger partial charge in [-0.1, -0.05) is 23.2 Å². The number of carbonyl (C=O) groups is 5. The summed E-state index contributed by atoms with van der Waals surface area (Å²) in [7, 11) is 2.90. The van der Waals surface area contributed by atoms with E-state index in [2.05, 4.69) is 10.9 Å². The van der Waals surface area contributed by atoms with Gasteiger partial charge in [-0.2, -0.15) is 0 Å². The van der Waals surface area contributed by atoms with Gasteiger partial charge in [0.1, 0.15) is 6.04 Å². The highest BCUT2D eigenvalue weighted by atomic mass is 35.5. The Balaban J connectivity index is 1.34. The minimum absolute atomic E-state index is 0.0970. The lowest BCUT2D eigenvalue weighted by atomic mass is 10.1. The Labute approximate surface area is 244 Å². The lowest BCUT2D eigenvalue weighted by Crippen LogP contribution is -2.48. The van der Waals surface area contributed by atoms with Gasteiger partial charge >= 0.3 is 5.97 Å². The molecule has 1 fully saturated rings. The van der Waals surface area contributed by atoms with Crippen LogP contribution in [0, 0.1) is 0 Å². The van der Waals surface area contributed by atoms with Crippen molar-refractivity contribution in [2.45, 2.75) is 12.5 Å². The zero-order chi connectivity index (χ0) is 29.7. The molecule has 1 saturated heterocycles. The summed E-state index contributed by atoms with van der Waals surface area (Å²) in [6.07, 6.45) is -0.204. The molecule has 1 unspecified atom stereocenters. The minimum Gasteiger partial charge on any atom is -0.493 e. The second-order valence-corrected chi connectivity index (χ2v) is 9.51. The molecule has 0 bridgehead atoms. The maximum absolute atomic E-state index is 12.9. The van der Waals surface area contributed by atoms with Crippen molar-refractivity contribution in [1.82, 2.24) is 10.9 Å². The summed E-state index contributed by atoms with van der Waals surface area (Å²) in [5, 5.41) is 0.497. The predicted molar refractivity (Wildman–Crippen MR) is 149 cm³/mol. The Hall–Kier alpha value is -4.45. The Kier molecular flexibility index (Phi) is 9.23. The number of benzene rings is 3. The first-order valence-electron chi connectivity index (χ1n) is 12.0. The zero-order valence-corrected chi connectivity index (χ0v) is 23.2. The van der Waals surface area contributed by atoms with Crippen LogP contribution in [0.1, 0.15) is 37.5 Å². The molecule has 212 valence electrons. The standard InChI is InChI=1S/C28H23Cl2N3O8/c1-39-23-10-5-16(11-24(23)40-2)26(36)32-31-21-13-25(35)33(27(21)37)18-7-3-15(4-8-18)28(38)41-14-22(34)19-9-6-17(29)12-20(19)30/h3-12,21,31H,13-14H2,1-2H3,(H,32,36). The van der Waals surface area contributed by atoms with E-state index in [-0.39, 0.29) is 33.8 Å². The van der Waals surface area contributed by atoms with E-state index in [9.17, 15) is 24.0 Å². The number of nitrogens with zero attached hydrogens (tertiary/aromatic N) is 1. The first-order chi connectivity index (χ1) is 19.6. The van der Waals surface area contributed by atoms with Crippen LogP contribution in [-0.4, -0.2) is 56.3 Å². The summed E-state index contributed by atoms with van der Waals surface area (Å²) in [5.41, 5.74) is 5.74. The van der Waals surface area contributed by atoms with E-state index < -0.39 is 42.1 Å². The second kappa shape index (κ2) is 12.8. The molecule has 13 heteroatoms. The first kappa shape index (κ1) is 29.5. The number of ether oxygens (including phenoxy) is 3. The first-order valence-corrected chi connectivity index (χ1v) is 12.8. The summed E-state index contributed by atoms with van der Waals surface area (Å²) in [6.45, 7) is -0.548. The fraction of sp³-hybridized carbons (Fsp3) is 0.179. The molecule has 0 saturated carbocycles. The van der Waals surface area contributed by atoms with Crippen LogP contribution in [0.4, 0.5) is 5.69 Å². The van der Waals surface area contributed by atoms with Gasteiger partial charge in [-0.15, -0.1) is 0 Å². The number of carbonyl (C=O) groups excluding carboxylic acids is 5. The van der Waals surface area contributed by atoms with E-state index in [1.807, 2.05) is 0 Å². The fourth-order valence-corrected chi connectivity index (χ4v) is 4.49. The van der Waals surface area contributed by atoms with Crippen molar-refractivity contribution in [1.29, 1.82) is 0 Å². The number of rotatable bonds is 10. The molecular weight excluding hydrogens is 577 g/mol. The molecule has 3 aromatic rings. The van der Waals surface area contributed by atoms with Crippen molar-refractivity contribution in [3.63, 3.8) is 0 Å². The van der Waals surface area contributed by atoms with Gasteiger partial charge in [0, 0.05) is 16.1 Å². The average molecular weight is 600 g/mol. The molecule has 0 aromatic heterocycles. The van der Waals surface area contributed by atoms with E-state index >= 15 is 0 Å². The number of nitrogens with one attached hydrogen (secondary N) is 2. The van der Waals surface area contributed by atoms with E-state index in [0.29, 0.717) is 16.5 Å². The van der Waals surface area contributed by atoms with Crippen LogP contribution < -0.4 is 25.2 Å². The number of amides is 3. The Morgan fingerprint density at radius 1 is 0.902 bits per heavy atom. The van der Waals surface area contributed by atoms with Crippen molar-refractivity contribution in [2.75, 3.05) is 25.7 Å². The molecule has 1 aliphatic rings. The molecule has 41 heavy (non-hydrogen) atoms. The Morgan fingerprint density at radius 2 is 1.59 bits per heavy atom. The lowest BCUT2D eigenvalue weighted by Gasteiger charge is -2.16. The average Bonchev–Trinajstić information content (AvgIpc) is 3.26.